The zero-order chi connectivity index (χ0) is 20.0. The van der Waals surface area contributed by atoms with Crippen molar-refractivity contribution < 1.29 is 4.79 Å². The summed E-state index contributed by atoms with van der Waals surface area (Å²) in [4.78, 5) is 21.6. The summed E-state index contributed by atoms with van der Waals surface area (Å²) in [5.41, 5.74) is 2.36. The normalized spacial score (nSPS) is 20.7. The Morgan fingerprint density at radius 2 is 2.00 bits per heavy atom. The number of carbonyl (C=O) groups excluding carboxylic acids is 1. The SMILES string of the molecule is N#Cc1cnc2c(cnn2-c2cc(NC3CC3)c(C(=O)N[C@H]3C[C@H](S)C3)cn2)c1. The molecular weight excluding hydrogens is 386 g/mol. The molecule has 2 aliphatic carbocycles. The molecule has 0 saturated heterocycles. The van der Waals surface area contributed by atoms with Gasteiger partial charge in [0.05, 0.1) is 23.0 Å². The minimum absolute atomic E-state index is 0.125. The Morgan fingerprint density at radius 1 is 1.17 bits per heavy atom. The molecule has 0 bridgehead atoms. The van der Waals surface area contributed by atoms with Gasteiger partial charge in [-0.3, -0.25) is 4.79 Å². The molecule has 3 heterocycles. The van der Waals surface area contributed by atoms with E-state index in [-0.39, 0.29) is 11.9 Å². The molecule has 0 unspecified atom stereocenters. The standard InChI is InChI=1S/C20H19N7OS/c21-7-11-3-12-9-24-27(19(12)23-8-11)18-6-17(25-13-1-2-13)16(10-22-18)20(28)26-14-4-15(29)5-14/h3,6,8-10,13-15,29H,1-2,4-5H2,(H,22,25)(H,26,28)/t14-,15-. The van der Waals surface area contributed by atoms with E-state index in [2.05, 4.69) is 44.4 Å². The van der Waals surface area contributed by atoms with Gasteiger partial charge in [0.15, 0.2) is 11.5 Å². The van der Waals surface area contributed by atoms with Crippen LogP contribution in [0.2, 0.25) is 0 Å². The lowest BCUT2D eigenvalue weighted by Crippen LogP contribution is -2.45. The van der Waals surface area contributed by atoms with Crippen LogP contribution < -0.4 is 10.6 Å². The first-order chi connectivity index (χ1) is 14.1. The molecule has 5 rings (SSSR count). The summed E-state index contributed by atoms with van der Waals surface area (Å²) in [6, 6.07) is 6.21. The lowest BCUT2D eigenvalue weighted by molar-refractivity contribution is 0.0919. The summed E-state index contributed by atoms with van der Waals surface area (Å²) >= 11 is 4.41. The number of hydrogen-bond acceptors (Lipinski definition) is 7. The van der Waals surface area contributed by atoms with Gasteiger partial charge in [0.25, 0.3) is 5.91 Å². The summed E-state index contributed by atoms with van der Waals surface area (Å²) < 4.78 is 1.62. The maximum absolute atomic E-state index is 12.8. The third-order valence-electron chi connectivity index (χ3n) is 5.27. The third-order valence-corrected chi connectivity index (χ3v) is 5.70. The van der Waals surface area contributed by atoms with E-state index in [9.17, 15) is 4.79 Å². The molecule has 8 nitrogen and oxygen atoms in total. The number of amides is 1. The molecule has 0 aliphatic heterocycles. The predicted octanol–water partition coefficient (Wildman–Crippen LogP) is 2.45. The van der Waals surface area contributed by atoms with E-state index in [1.54, 1.807) is 23.1 Å². The Hall–Kier alpha value is -3.12. The van der Waals surface area contributed by atoms with Gasteiger partial charge in [-0.2, -0.15) is 27.7 Å². The molecular formula is C20H19N7OS. The molecule has 0 spiro atoms. The first-order valence-electron chi connectivity index (χ1n) is 9.60. The molecule has 3 aromatic heterocycles. The Balaban J connectivity index is 1.48. The van der Waals surface area contributed by atoms with Gasteiger partial charge in [0, 0.05) is 41.2 Å². The number of aromatic nitrogens is 4. The molecule has 3 aromatic rings. The van der Waals surface area contributed by atoms with Crippen LogP contribution >= 0.6 is 12.6 Å². The molecule has 2 fully saturated rings. The first kappa shape index (κ1) is 17.9. The Kier molecular flexibility index (Phi) is 4.36. The molecule has 29 heavy (non-hydrogen) atoms. The third kappa shape index (κ3) is 3.51. The molecule has 9 heteroatoms. The van der Waals surface area contributed by atoms with Gasteiger partial charge in [-0.15, -0.1) is 0 Å². The van der Waals surface area contributed by atoms with Crippen LogP contribution in [0.25, 0.3) is 16.9 Å². The zero-order valence-electron chi connectivity index (χ0n) is 15.5. The fourth-order valence-corrected chi connectivity index (χ4v) is 3.94. The van der Waals surface area contributed by atoms with E-state index in [0.717, 1.165) is 36.8 Å². The summed E-state index contributed by atoms with van der Waals surface area (Å²) in [6.45, 7) is 0. The number of thiol groups is 1. The van der Waals surface area contributed by atoms with Crippen LogP contribution in [-0.4, -0.2) is 43.0 Å². The van der Waals surface area contributed by atoms with Gasteiger partial charge in [0.1, 0.15) is 6.07 Å². The average Bonchev–Trinajstić information content (AvgIpc) is 3.42. The molecule has 2 saturated carbocycles. The summed E-state index contributed by atoms with van der Waals surface area (Å²) in [6.07, 6.45) is 8.72. The monoisotopic (exact) mass is 405 g/mol. The lowest BCUT2D eigenvalue weighted by Gasteiger charge is -2.32. The van der Waals surface area contributed by atoms with Crippen molar-refractivity contribution >= 4 is 35.3 Å². The number of nitrogens with zero attached hydrogens (tertiary/aromatic N) is 5. The molecule has 2 aliphatic rings. The van der Waals surface area contributed by atoms with Gasteiger partial charge in [-0.25, -0.2) is 9.97 Å². The topological polar surface area (TPSA) is 109 Å². The van der Waals surface area contributed by atoms with Crippen molar-refractivity contribution in [1.29, 1.82) is 5.26 Å². The van der Waals surface area contributed by atoms with Crippen molar-refractivity contribution in [3.63, 3.8) is 0 Å². The zero-order valence-corrected chi connectivity index (χ0v) is 16.4. The van der Waals surface area contributed by atoms with E-state index in [0.29, 0.717) is 33.9 Å². The number of fused-ring (bicyclic) bond motifs is 1. The summed E-state index contributed by atoms with van der Waals surface area (Å²) in [7, 11) is 0. The highest BCUT2D eigenvalue weighted by Crippen LogP contribution is 2.29. The molecule has 0 radical (unpaired) electrons. The Bertz CT molecular complexity index is 1140. The van der Waals surface area contributed by atoms with Crippen LogP contribution in [0.5, 0.6) is 0 Å². The molecule has 0 atom stereocenters. The minimum atomic E-state index is -0.125. The van der Waals surface area contributed by atoms with Crippen LogP contribution in [0, 0.1) is 11.3 Å². The predicted molar refractivity (Wildman–Crippen MR) is 111 cm³/mol. The highest BCUT2D eigenvalue weighted by molar-refractivity contribution is 7.81. The van der Waals surface area contributed by atoms with E-state index >= 15 is 0 Å². The molecule has 1 amide bonds. The summed E-state index contributed by atoms with van der Waals surface area (Å²) in [5, 5.41) is 21.0. The van der Waals surface area contributed by atoms with Crippen molar-refractivity contribution in [2.24, 2.45) is 0 Å². The Morgan fingerprint density at radius 3 is 2.72 bits per heavy atom. The number of hydrogen-bond donors (Lipinski definition) is 3. The Labute approximate surface area is 172 Å². The second-order valence-corrected chi connectivity index (χ2v) is 8.34. The van der Waals surface area contributed by atoms with Crippen LogP contribution in [0.15, 0.2) is 30.7 Å². The van der Waals surface area contributed by atoms with Gasteiger partial charge in [-0.05, 0) is 31.7 Å². The minimum Gasteiger partial charge on any atom is -0.382 e. The van der Waals surface area contributed by atoms with Crippen molar-refractivity contribution in [3.8, 4) is 11.9 Å². The highest BCUT2D eigenvalue weighted by atomic mass is 32.1. The highest BCUT2D eigenvalue weighted by Gasteiger charge is 2.29. The number of pyridine rings is 2. The molecule has 2 N–H and O–H groups in total. The van der Waals surface area contributed by atoms with E-state index < -0.39 is 0 Å². The van der Waals surface area contributed by atoms with E-state index in [1.165, 1.54) is 6.20 Å². The molecule has 146 valence electrons. The van der Waals surface area contributed by atoms with Gasteiger partial charge in [-0.1, -0.05) is 0 Å². The van der Waals surface area contributed by atoms with Crippen molar-refractivity contribution in [2.45, 2.75) is 43.0 Å². The maximum atomic E-state index is 12.8. The lowest BCUT2D eigenvalue weighted by atomic mass is 9.92. The van der Waals surface area contributed by atoms with Crippen molar-refractivity contribution in [2.75, 3.05) is 5.32 Å². The van der Waals surface area contributed by atoms with Crippen LogP contribution in [0.3, 0.4) is 0 Å². The van der Waals surface area contributed by atoms with Gasteiger partial charge < -0.3 is 10.6 Å². The van der Waals surface area contributed by atoms with Crippen LogP contribution in [-0.2, 0) is 0 Å². The first-order valence-corrected chi connectivity index (χ1v) is 10.1. The quantitative estimate of drug-likeness (QED) is 0.563. The fraction of sp³-hybridized carbons (Fsp3) is 0.350. The van der Waals surface area contributed by atoms with Gasteiger partial charge in [0.2, 0.25) is 0 Å². The summed E-state index contributed by atoms with van der Waals surface area (Å²) in [5.74, 6) is 0.440. The molecule has 0 aromatic carbocycles. The van der Waals surface area contributed by atoms with E-state index in [1.807, 2.05) is 6.07 Å². The number of carbonyl (C=O) groups is 1. The smallest absolute Gasteiger partial charge is 0.255 e. The fourth-order valence-electron chi connectivity index (χ4n) is 3.43. The van der Waals surface area contributed by atoms with Crippen LogP contribution in [0.4, 0.5) is 5.69 Å². The van der Waals surface area contributed by atoms with E-state index in [4.69, 9.17) is 5.26 Å². The number of nitriles is 1. The average molecular weight is 405 g/mol. The number of rotatable bonds is 5. The van der Waals surface area contributed by atoms with Gasteiger partial charge >= 0.3 is 0 Å². The number of nitrogens with one attached hydrogen (secondary N) is 2. The van der Waals surface area contributed by atoms with Crippen LogP contribution in [0.1, 0.15) is 41.6 Å². The number of anilines is 1. The van der Waals surface area contributed by atoms with Crippen molar-refractivity contribution in [3.05, 3.63) is 41.9 Å². The maximum Gasteiger partial charge on any atom is 0.255 e. The second-order valence-electron chi connectivity index (χ2n) is 7.61. The second kappa shape index (κ2) is 7.04. The van der Waals surface area contributed by atoms with Crippen molar-refractivity contribution in [1.82, 2.24) is 25.1 Å². The largest absolute Gasteiger partial charge is 0.382 e.